The lowest BCUT2D eigenvalue weighted by molar-refractivity contribution is -0.165. The summed E-state index contributed by atoms with van der Waals surface area (Å²) in [6.45, 7) is 2.29. The smallest absolute Gasteiger partial charge is 0.312 e. The van der Waals surface area contributed by atoms with Gasteiger partial charge in [0.2, 0.25) is 0 Å². The lowest BCUT2D eigenvalue weighted by Crippen LogP contribution is -2.46. The van der Waals surface area contributed by atoms with Gasteiger partial charge in [-0.1, -0.05) is 12.8 Å². The normalized spacial score (nSPS) is 34.3. The monoisotopic (exact) mass is 224 g/mol. The van der Waals surface area contributed by atoms with Crippen LogP contribution in [-0.2, 0) is 14.3 Å². The van der Waals surface area contributed by atoms with E-state index in [-0.39, 0.29) is 17.3 Å². The van der Waals surface area contributed by atoms with E-state index in [1.54, 1.807) is 0 Å². The van der Waals surface area contributed by atoms with Crippen molar-refractivity contribution in [2.75, 3.05) is 6.61 Å². The Hall–Kier alpha value is -0.860. The minimum Gasteiger partial charge on any atom is -0.466 e. The van der Waals surface area contributed by atoms with Crippen molar-refractivity contribution in [3.63, 3.8) is 0 Å². The highest BCUT2D eigenvalue weighted by Crippen LogP contribution is 2.50. The SMILES string of the molecule is CCOC(=O)C12CCCCC1CC(=O)CC2. The zero-order valence-corrected chi connectivity index (χ0v) is 9.96. The van der Waals surface area contributed by atoms with Crippen molar-refractivity contribution in [3.05, 3.63) is 0 Å². The van der Waals surface area contributed by atoms with Crippen LogP contribution in [0.2, 0.25) is 0 Å². The van der Waals surface area contributed by atoms with Crippen molar-refractivity contribution >= 4 is 11.8 Å². The quantitative estimate of drug-likeness (QED) is 0.677. The Morgan fingerprint density at radius 3 is 3.00 bits per heavy atom. The highest BCUT2D eigenvalue weighted by Gasteiger charge is 2.50. The lowest BCUT2D eigenvalue weighted by atomic mass is 9.59. The zero-order chi connectivity index (χ0) is 11.6. The van der Waals surface area contributed by atoms with Gasteiger partial charge in [0, 0.05) is 12.8 Å². The first-order valence-electron chi connectivity index (χ1n) is 6.38. The molecular weight excluding hydrogens is 204 g/mol. The third kappa shape index (κ3) is 1.87. The Bertz CT molecular complexity index is 298. The molecule has 0 radical (unpaired) electrons. The van der Waals surface area contributed by atoms with Crippen LogP contribution in [-0.4, -0.2) is 18.4 Å². The number of carbonyl (C=O) groups is 2. The van der Waals surface area contributed by atoms with Crippen molar-refractivity contribution < 1.29 is 14.3 Å². The highest BCUT2D eigenvalue weighted by molar-refractivity contribution is 5.85. The van der Waals surface area contributed by atoms with Crippen molar-refractivity contribution in [3.8, 4) is 0 Å². The predicted molar refractivity (Wildman–Crippen MR) is 59.9 cm³/mol. The van der Waals surface area contributed by atoms with Crippen LogP contribution in [0.4, 0.5) is 0 Å². The molecule has 2 atom stereocenters. The fourth-order valence-electron chi connectivity index (χ4n) is 3.32. The maximum Gasteiger partial charge on any atom is 0.312 e. The number of ether oxygens (including phenoxy) is 1. The fourth-order valence-corrected chi connectivity index (χ4v) is 3.32. The molecule has 0 saturated heterocycles. The van der Waals surface area contributed by atoms with E-state index in [0.29, 0.717) is 25.2 Å². The van der Waals surface area contributed by atoms with Crippen LogP contribution in [0.3, 0.4) is 0 Å². The Morgan fingerprint density at radius 1 is 1.44 bits per heavy atom. The molecule has 0 aliphatic heterocycles. The van der Waals surface area contributed by atoms with Gasteiger partial charge in [0.15, 0.2) is 0 Å². The zero-order valence-electron chi connectivity index (χ0n) is 9.96. The molecule has 0 aromatic heterocycles. The Balaban J connectivity index is 2.19. The van der Waals surface area contributed by atoms with E-state index in [0.717, 1.165) is 32.1 Å². The summed E-state index contributed by atoms with van der Waals surface area (Å²) in [4.78, 5) is 23.6. The predicted octanol–water partition coefficient (Wildman–Crippen LogP) is 2.48. The summed E-state index contributed by atoms with van der Waals surface area (Å²) >= 11 is 0. The Kier molecular flexibility index (Phi) is 3.31. The van der Waals surface area contributed by atoms with E-state index in [1.807, 2.05) is 6.92 Å². The summed E-state index contributed by atoms with van der Waals surface area (Å²) in [5.41, 5.74) is -0.317. The van der Waals surface area contributed by atoms with Crippen LogP contribution >= 0.6 is 0 Å². The second-order valence-electron chi connectivity index (χ2n) is 5.06. The average Bonchev–Trinajstić information content (AvgIpc) is 2.29. The van der Waals surface area contributed by atoms with Gasteiger partial charge in [-0.2, -0.15) is 0 Å². The van der Waals surface area contributed by atoms with Crippen molar-refractivity contribution in [2.45, 2.75) is 51.9 Å². The molecule has 2 aliphatic carbocycles. The second-order valence-corrected chi connectivity index (χ2v) is 5.06. The van der Waals surface area contributed by atoms with E-state index >= 15 is 0 Å². The molecule has 3 nitrogen and oxygen atoms in total. The number of hydrogen-bond acceptors (Lipinski definition) is 3. The first-order chi connectivity index (χ1) is 7.69. The van der Waals surface area contributed by atoms with Gasteiger partial charge in [-0.15, -0.1) is 0 Å². The molecule has 0 N–H and O–H groups in total. The first-order valence-corrected chi connectivity index (χ1v) is 6.38. The summed E-state index contributed by atoms with van der Waals surface area (Å²) in [6.07, 6.45) is 6.07. The number of fused-ring (bicyclic) bond motifs is 1. The molecule has 0 heterocycles. The Labute approximate surface area is 96.5 Å². The van der Waals surface area contributed by atoms with Gasteiger partial charge < -0.3 is 4.74 Å². The highest BCUT2D eigenvalue weighted by atomic mass is 16.5. The van der Waals surface area contributed by atoms with Gasteiger partial charge in [-0.3, -0.25) is 9.59 Å². The fraction of sp³-hybridized carbons (Fsp3) is 0.846. The molecule has 2 aliphatic rings. The molecule has 2 fully saturated rings. The minimum absolute atomic E-state index is 0.0489. The molecule has 3 heteroatoms. The third-order valence-electron chi connectivity index (χ3n) is 4.21. The van der Waals surface area contributed by atoms with Gasteiger partial charge in [0.1, 0.15) is 5.78 Å². The van der Waals surface area contributed by atoms with Crippen molar-refractivity contribution in [1.29, 1.82) is 0 Å². The first kappa shape index (κ1) is 11.6. The largest absolute Gasteiger partial charge is 0.466 e. The number of ketones is 1. The van der Waals surface area contributed by atoms with Crippen LogP contribution in [0.1, 0.15) is 51.9 Å². The molecule has 0 spiro atoms. The van der Waals surface area contributed by atoms with Gasteiger partial charge in [0.05, 0.1) is 12.0 Å². The molecule has 0 amide bonds. The molecule has 90 valence electrons. The standard InChI is InChI=1S/C13H20O3/c1-2-16-12(15)13-7-4-3-5-10(13)9-11(14)6-8-13/h10H,2-9H2,1H3. The minimum atomic E-state index is -0.317. The number of carbonyl (C=O) groups excluding carboxylic acids is 2. The molecule has 2 saturated carbocycles. The van der Waals surface area contributed by atoms with Gasteiger partial charge in [-0.05, 0) is 32.1 Å². The van der Waals surface area contributed by atoms with Crippen LogP contribution < -0.4 is 0 Å². The topological polar surface area (TPSA) is 43.4 Å². The molecule has 0 aromatic rings. The summed E-state index contributed by atoms with van der Waals surface area (Å²) in [5, 5.41) is 0. The van der Waals surface area contributed by atoms with E-state index in [1.165, 1.54) is 0 Å². The summed E-state index contributed by atoms with van der Waals surface area (Å²) in [6, 6.07) is 0. The molecule has 0 aromatic carbocycles. The summed E-state index contributed by atoms with van der Waals surface area (Å²) in [5.74, 6) is 0.528. The summed E-state index contributed by atoms with van der Waals surface area (Å²) in [7, 11) is 0. The number of Topliss-reactive ketones (excluding diaryl/α,β-unsaturated/α-hetero) is 1. The van der Waals surface area contributed by atoms with Gasteiger partial charge in [0.25, 0.3) is 0 Å². The molecule has 16 heavy (non-hydrogen) atoms. The van der Waals surface area contributed by atoms with Crippen LogP contribution in [0, 0.1) is 11.3 Å². The summed E-state index contributed by atoms with van der Waals surface area (Å²) < 4.78 is 5.23. The van der Waals surface area contributed by atoms with Gasteiger partial charge >= 0.3 is 5.97 Å². The van der Waals surface area contributed by atoms with E-state index in [9.17, 15) is 9.59 Å². The van der Waals surface area contributed by atoms with Crippen LogP contribution in [0.25, 0.3) is 0 Å². The lowest BCUT2D eigenvalue weighted by Gasteiger charge is -2.44. The molecule has 2 rings (SSSR count). The van der Waals surface area contributed by atoms with E-state index < -0.39 is 0 Å². The van der Waals surface area contributed by atoms with Crippen molar-refractivity contribution in [2.24, 2.45) is 11.3 Å². The van der Waals surface area contributed by atoms with Crippen LogP contribution in [0.15, 0.2) is 0 Å². The van der Waals surface area contributed by atoms with Gasteiger partial charge in [-0.25, -0.2) is 0 Å². The average molecular weight is 224 g/mol. The van der Waals surface area contributed by atoms with E-state index in [2.05, 4.69) is 0 Å². The van der Waals surface area contributed by atoms with Crippen LogP contribution in [0.5, 0.6) is 0 Å². The maximum absolute atomic E-state index is 12.1. The second kappa shape index (κ2) is 4.56. The van der Waals surface area contributed by atoms with E-state index in [4.69, 9.17) is 4.74 Å². The number of esters is 1. The molecule has 0 bridgehead atoms. The maximum atomic E-state index is 12.1. The third-order valence-corrected chi connectivity index (χ3v) is 4.21. The van der Waals surface area contributed by atoms with Crippen molar-refractivity contribution in [1.82, 2.24) is 0 Å². The molecule has 2 unspecified atom stereocenters. The molecular formula is C13H20O3. The number of rotatable bonds is 2. The Morgan fingerprint density at radius 2 is 2.25 bits per heavy atom. The number of hydrogen-bond donors (Lipinski definition) is 0.